The molecular weight excluding hydrogens is 277 g/mol. The maximum atomic E-state index is 5.43. The Bertz CT molecular complexity index is 349. The molecule has 1 atom stereocenters. The van der Waals surface area contributed by atoms with Gasteiger partial charge in [-0.1, -0.05) is 5.16 Å². The van der Waals surface area contributed by atoms with Gasteiger partial charge in [0.05, 0.1) is 13.1 Å². The highest BCUT2D eigenvalue weighted by atomic mass is 35.5. The van der Waals surface area contributed by atoms with Crippen molar-refractivity contribution < 1.29 is 4.52 Å². The van der Waals surface area contributed by atoms with Gasteiger partial charge in [-0.3, -0.25) is 4.90 Å². The van der Waals surface area contributed by atoms with Crippen LogP contribution in [0.2, 0.25) is 0 Å². The van der Waals surface area contributed by atoms with Crippen molar-refractivity contribution in [1.82, 2.24) is 19.9 Å². The summed E-state index contributed by atoms with van der Waals surface area (Å²) >= 11 is 0. The summed E-state index contributed by atoms with van der Waals surface area (Å²) < 4.78 is 4.99. The summed E-state index contributed by atoms with van der Waals surface area (Å²) in [5, 5.41) is 3.91. The summed E-state index contributed by atoms with van der Waals surface area (Å²) in [5.41, 5.74) is 5.43. The highest BCUT2D eigenvalue weighted by molar-refractivity contribution is 5.85. The Kier molecular flexibility index (Phi) is 7.73. The van der Waals surface area contributed by atoms with E-state index < -0.39 is 0 Å². The van der Waals surface area contributed by atoms with E-state index in [4.69, 9.17) is 10.3 Å². The zero-order valence-corrected chi connectivity index (χ0v) is 12.3. The molecule has 1 aromatic heterocycles. The van der Waals surface area contributed by atoms with Crippen LogP contribution in [0, 0.1) is 0 Å². The van der Waals surface area contributed by atoms with Crippen molar-refractivity contribution in [2.24, 2.45) is 5.73 Å². The summed E-state index contributed by atoms with van der Waals surface area (Å²) in [6, 6.07) is 0.526. The Morgan fingerprint density at radius 2 is 2.11 bits per heavy atom. The fraction of sp³-hybridized carbons (Fsp3) is 0.800. The molecule has 1 aromatic rings. The topological polar surface area (TPSA) is 71.4 Å². The zero-order chi connectivity index (χ0) is 11.5. The van der Waals surface area contributed by atoms with Crippen LogP contribution in [0.5, 0.6) is 0 Å². The predicted octanol–water partition coefficient (Wildman–Crippen LogP) is 0.508. The van der Waals surface area contributed by atoms with E-state index in [1.165, 1.54) is 0 Å². The van der Waals surface area contributed by atoms with Crippen molar-refractivity contribution in [3.63, 3.8) is 0 Å². The Hall–Kier alpha value is -0.400. The Morgan fingerprint density at radius 1 is 1.39 bits per heavy atom. The molecule has 1 unspecified atom stereocenters. The molecule has 0 aromatic carbocycles. The second kappa shape index (κ2) is 7.91. The van der Waals surface area contributed by atoms with Crippen LogP contribution < -0.4 is 5.73 Å². The van der Waals surface area contributed by atoms with Gasteiger partial charge < -0.3 is 15.2 Å². The molecule has 1 aliphatic rings. The molecule has 1 saturated heterocycles. The molecule has 0 radical (unpaired) electrons. The van der Waals surface area contributed by atoms with Crippen LogP contribution in [0.1, 0.15) is 18.6 Å². The van der Waals surface area contributed by atoms with Gasteiger partial charge >= 0.3 is 0 Å². The molecule has 2 N–H and O–H groups in total. The quantitative estimate of drug-likeness (QED) is 0.876. The number of halogens is 2. The van der Waals surface area contributed by atoms with Crippen molar-refractivity contribution in [2.75, 3.05) is 26.7 Å². The fourth-order valence-corrected chi connectivity index (χ4v) is 2.03. The number of likely N-dealkylation sites (N-methyl/N-ethyl adjacent to an activating group) is 1. The van der Waals surface area contributed by atoms with Crippen LogP contribution in [-0.2, 0) is 13.1 Å². The molecule has 1 fully saturated rings. The van der Waals surface area contributed by atoms with Crippen LogP contribution in [0.4, 0.5) is 0 Å². The molecule has 18 heavy (non-hydrogen) atoms. The van der Waals surface area contributed by atoms with E-state index in [0.717, 1.165) is 32.0 Å². The first-order chi connectivity index (χ1) is 7.69. The first-order valence-corrected chi connectivity index (χ1v) is 5.63. The molecule has 0 aliphatic carbocycles. The number of piperazine rings is 1. The lowest BCUT2D eigenvalue weighted by Gasteiger charge is -2.37. The van der Waals surface area contributed by atoms with E-state index >= 15 is 0 Å². The molecular formula is C10H21Cl2N5O. The van der Waals surface area contributed by atoms with Crippen molar-refractivity contribution in [3.8, 4) is 0 Å². The minimum absolute atomic E-state index is 0. The number of hydrogen-bond acceptors (Lipinski definition) is 6. The first-order valence-electron chi connectivity index (χ1n) is 5.63. The van der Waals surface area contributed by atoms with Gasteiger partial charge in [0.25, 0.3) is 0 Å². The van der Waals surface area contributed by atoms with Crippen LogP contribution in [0.3, 0.4) is 0 Å². The lowest BCUT2D eigenvalue weighted by Crippen LogP contribution is -2.49. The van der Waals surface area contributed by atoms with E-state index in [0.29, 0.717) is 18.5 Å². The van der Waals surface area contributed by atoms with Gasteiger partial charge in [0, 0.05) is 25.7 Å². The van der Waals surface area contributed by atoms with E-state index in [-0.39, 0.29) is 24.8 Å². The highest BCUT2D eigenvalue weighted by Gasteiger charge is 2.22. The van der Waals surface area contributed by atoms with E-state index in [1.807, 2.05) is 0 Å². The Labute approximate surface area is 120 Å². The molecule has 0 saturated carbocycles. The Morgan fingerprint density at radius 3 is 2.67 bits per heavy atom. The summed E-state index contributed by atoms with van der Waals surface area (Å²) in [7, 11) is 2.15. The summed E-state index contributed by atoms with van der Waals surface area (Å²) in [6.45, 7) is 6.50. The molecule has 2 heterocycles. The van der Waals surface area contributed by atoms with Gasteiger partial charge in [-0.25, -0.2) is 0 Å². The Balaban J connectivity index is 0.00000144. The third-order valence-electron chi connectivity index (χ3n) is 3.00. The number of rotatable bonds is 3. The highest BCUT2D eigenvalue weighted by Crippen LogP contribution is 2.11. The van der Waals surface area contributed by atoms with Crippen LogP contribution in [0.25, 0.3) is 0 Å². The predicted molar refractivity (Wildman–Crippen MR) is 74.1 cm³/mol. The average molecular weight is 298 g/mol. The zero-order valence-electron chi connectivity index (χ0n) is 10.7. The van der Waals surface area contributed by atoms with E-state index in [9.17, 15) is 0 Å². The second-order valence-electron chi connectivity index (χ2n) is 4.39. The van der Waals surface area contributed by atoms with Gasteiger partial charge in [-0.05, 0) is 14.0 Å². The average Bonchev–Trinajstić information content (AvgIpc) is 2.70. The second-order valence-corrected chi connectivity index (χ2v) is 4.39. The van der Waals surface area contributed by atoms with Crippen molar-refractivity contribution >= 4 is 24.8 Å². The van der Waals surface area contributed by atoms with Gasteiger partial charge in [0.2, 0.25) is 5.89 Å². The molecule has 0 bridgehead atoms. The summed E-state index contributed by atoms with van der Waals surface area (Å²) in [6.07, 6.45) is 0. The standard InChI is InChI=1S/C10H19N5O.2ClH/c1-8-6-14(2)3-4-15(8)7-9-12-10(5-11)16-13-9;;/h8H,3-7,11H2,1-2H3;2*1H. The SMILES string of the molecule is CC1CN(C)CCN1Cc1noc(CN)n1.Cl.Cl. The smallest absolute Gasteiger partial charge is 0.240 e. The maximum absolute atomic E-state index is 5.43. The third kappa shape index (κ3) is 4.37. The fourth-order valence-electron chi connectivity index (χ4n) is 2.03. The molecule has 2 rings (SSSR count). The molecule has 1 aliphatic heterocycles. The van der Waals surface area contributed by atoms with E-state index in [1.54, 1.807) is 0 Å². The molecule has 8 heteroatoms. The number of nitrogens with two attached hydrogens (primary N) is 1. The van der Waals surface area contributed by atoms with Crippen molar-refractivity contribution in [3.05, 3.63) is 11.7 Å². The van der Waals surface area contributed by atoms with Gasteiger partial charge in [0.1, 0.15) is 0 Å². The summed E-state index contributed by atoms with van der Waals surface area (Å²) in [4.78, 5) is 8.92. The van der Waals surface area contributed by atoms with Crippen LogP contribution >= 0.6 is 24.8 Å². The molecule has 6 nitrogen and oxygen atoms in total. The van der Waals surface area contributed by atoms with Crippen molar-refractivity contribution in [2.45, 2.75) is 26.1 Å². The monoisotopic (exact) mass is 297 g/mol. The normalized spacial score (nSPS) is 21.2. The van der Waals surface area contributed by atoms with Crippen molar-refractivity contribution in [1.29, 1.82) is 0 Å². The first kappa shape index (κ1) is 17.6. The number of nitrogens with zero attached hydrogens (tertiary/aromatic N) is 4. The third-order valence-corrected chi connectivity index (χ3v) is 3.00. The molecule has 0 spiro atoms. The van der Waals surface area contributed by atoms with Crippen LogP contribution in [0.15, 0.2) is 4.52 Å². The van der Waals surface area contributed by atoms with Gasteiger partial charge in [0.15, 0.2) is 5.82 Å². The molecule has 106 valence electrons. The van der Waals surface area contributed by atoms with Gasteiger partial charge in [-0.15, -0.1) is 24.8 Å². The molecule has 0 amide bonds. The summed E-state index contributed by atoms with van der Waals surface area (Å²) in [5.74, 6) is 1.24. The maximum Gasteiger partial charge on any atom is 0.240 e. The van der Waals surface area contributed by atoms with Crippen LogP contribution in [-0.4, -0.2) is 52.7 Å². The lowest BCUT2D eigenvalue weighted by atomic mass is 10.2. The minimum atomic E-state index is 0. The van der Waals surface area contributed by atoms with Gasteiger partial charge in [-0.2, -0.15) is 4.98 Å². The number of hydrogen-bond donors (Lipinski definition) is 1. The largest absolute Gasteiger partial charge is 0.338 e. The number of aromatic nitrogens is 2. The van der Waals surface area contributed by atoms with E-state index in [2.05, 4.69) is 33.9 Å². The minimum Gasteiger partial charge on any atom is -0.338 e. The lowest BCUT2D eigenvalue weighted by molar-refractivity contribution is 0.0907.